The van der Waals surface area contributed by atoms with E-state index in [9.17, 15) is 4.79 Å². The van der Waals surface area contributed by atoms with E-state index in [1.807, 2.05) is 6.07 Å². The molecule has 0 heterocycles. The van der Waals surface area contributed by atoms with Crippen LogP contribution in [0, 0.1) is 11.3 Å². The number of carbonyl (C=O) groups is 1. The summed E-state index contributed by atoms with van der Waals surface area (Å²) in [6.07, 6.45) is 10.5. The van der Waals surface area contributed by atoms with Gasteiger partial charge in [-0.1, -0.05) is 108 Å². The van der Waals surface area contributed by atoms with E-state index in [4.69, 9.17) is 0 Å². The second kappa shape index (κ2) is 12.0. The molecule has 0 fully saturated rings. The molecule has 2 heteroatoms. The summed E-state index contributed by atoms with van der Waals surface area (Å²) in [5.41, 5.74) is 4.35. The smallest absolute Gasteiger partial charge is 0.199 e. The summed E-state index contributed by atoms with van der Waals surface area (Å²) < 4.78 is 0. The van der Waals surface area contributed by atoms with Crippen molar-refractivity contribution < 1.29 is 4.79 Å². The number of benzene rings is 1. The van der Waals surface area contributed by atoms with Crippen LogP contribution in [0.3, 0.4) is 0 Å². The Morgan fingerprint density at radius 1 is 1.14 bits per heavy atom. The number of hydrogen-bond donors (Lipinski definition) is 0. The molecule has 0 radical (unpaired) electrons. The molecule has 1 nitrogen and oxygen atoms in total. The summed E-state index contributed by atoms with van der Waals surface area (Å²) in [5, 5.41) is 0.223. The second-order valence-electron chi connectivity index (χ2n) is 8.18. The fourth-order valence-electron chi connectivity index (χ4n) is 2.85. The molecule has 0 spiro atoms. The van der Waals surface area contributed by atoms with Crippen molar-refractivity contribution >= 4 is 22.5 Å². The lowest BCUT2D eigenvalue weighted by Gasteiger charge is -2.28. The number of carbonyl (C=O) groups excluding carboxylic acids is 1. The van der Waals surface area contributed by atoms with Crippen LogP contribution in [0.4, 0.5) is 0 Å². The summed E-state index contributed by atoms with van der Waals surface area (Å²) >= 11 is 1.42. The van der Waals surface area contributed by atoms with E-state index >= 15 is 0 Å². The van der Waals surface area contributed by atoms with Gasteiger partial charge in [0.15, 0.2) is 5.12 Å². The molecule has 0 aromatic heterocycles. The van der Waals surface area contributed by atoms with Crippen molar-refractivity contribution in [1.29, 1.82) is 0 Å². The van der Waals surface area contributed by atoms with Gasteiger partial charge in [-0.15, -0.1) is 0 Å². The zero-order chi connectivity index (χ0) is 22.0. The molecule has 0 aliphatic rings. The first kappa shape index (κ1) is 25.2. The molecule has 1 rings (SSSR count). The quantitative estimate of drug-likeness (QED) is 0.379. The first-order chi connectivity index (χ1) is 13.7. The Morgan fingerprint density at radius 3 is 2.24 bits per heavy atom. The molecule has 0 saturated carbocycles. The van der Waals surface area contributed by atoms with E-state index < -0.39 is 0 Å². The number of hydrogen-bond acceptors (Lipinski definition) is 2. The molecule has 0 aliphatic heterocycles. The lowest BCUT2D eigenvalue weighted by Crippen LogP contribution is -2.27. The first-order valence-electron chi connectivity index (χ1n) is 10.7. The van der Waals surface area contributed by atoms with Crippen LogP contribution in [-0.4, -0.2) is 5.12 Å². The van der Waals surface area contributed by atoms with Crippen LogP contribution >= 0.6 is 11.8 Å². The van der Waals surface area contributed by atoms with Crippen LogP contribution < -0.4 is 0 Å². The Labute approximate surface area is 183 Å². The van der Waals surface area contributed by atoms with Gasteiger partial charge in [0.2, 0.25) is 0 Å². The zero-order valence-electron chi connectivity index (χ0n) is 19.5. The third-order valence-electron chi connectivity index (χ3n) is 5.60. The molecule has 0 aliphatic carbocycles. The minimum Gasteiger partial charge on any atom is -0.286 e. The van der Waals surface area contributed by atoms with E-state index in [-0.39, 0.29) is 16.4 Å². The van der Waals surface area contributed by atoms with E-state index in [0.29, 0.717) is 0 Å². The van der Waals surface area contributed by atoms with Crippen LogP contribution in [0.1, 0.15) is 73.8 Å². The van der Waals surface area contributed by atoms with Gasteiger partial charge >= 0.3 is 0 Å². The van der Waals surface area contributed by atoms with Crippen molar-refractivity contribution in [2.24, 2.45) is 11.3 Å². The maximum Gasteiger partial charge on any atom is 0.199 e. The van der Waals surface area contributed by atoms with Crippen molar-refractivity contribution in [2.45, 2.75) is 68.2 Å². The minimum absolute atomic E-state index is 0.223. The molecule has 29 heavy (non-hydrogen) atoms. The third kappa shape index (κ3) is 6.89. The van der Waals surface area contributed by atoms with Crippen molar-refractivity contribution in [3.63, 3.8) is 0 Å². The van der Waals surface area contributed by atoms with Crippen molar-refractivity contribution in [3.8, 4) is 0 Å². The van der Waals surface area contributed by atoms with Gasteiger partial charge in [-0.25, -0.2) is 0 Å². The molecule has 1 aromatic carbocycles. The molecular formula is C27H38OS. The number of allylic oxidation sites excluding steroid dienone is 7. The van der Waals surface area contributed by atoms with Crippen molar-refractivity contribution in [2.75, 3.05) is 0 Å². The highest BCUT2D eigenvalue weighted by Gasteiger charge is 2.33. The monoisotopic (exact) mass is 410 g/mol. The fourth-order valence-corrected chi connectivity index (χ4v) is 4.31. The van der Waals surface area contributed by atoms with E-state index in [2.05, 4.69) is 104 Å². The molecule has 0 amide bonds. The predicted octanol–water partition coefficient (Wildman–Crippen LogP) is 8.61. The Balaban J connectivity index is 3.61. The molecule has 0 bridgehead atoms. The van der Waals surface area contributed by atoms with Gasteiger partial charge in [-0.05, 0) is 54.9 Å². The summed E-state index contributed by atoms with van der Waals surface area (Å²) in [7, 11) is 0. The first-order valence-corrected chi connectivity index (χ1v) is 11.5. The lowest BCUT2D eigenvalue weighted by atomic mass is 9.83. The fraction of sp³-hybridized carbons (Fsp3) is 0.444. The highest BCUT2D eigenvalue weighted by molar-refractivity contribution is 8.17. The Bertz CT molecular complexity index is 789. The van der Waals surface area contributed by atoms with Gasteiger partial charge in [0.25, 0.3) is 0 Å². The van der Waals surface area contributed by atoms with Gasteiger partial charge in [-0.3, -0.25) is 4.79 Å². The molecule has 1 aromatic rings. The molecule has 0 unspecified atom stereocenters. The highest BCUT2D eigenvalue weighted by Crippen LogP contribution is 2.43. The van der Waals surface area contributed by atoms with E-state index in [0.717, 1.165) is 28.9 Å². The van der Waals surface area contributed by atoms with Crippen LogP contribution in [0.15, 0.2) is 70.7 Å². The molecule has 0 saturated heterocycles. The van der Waals surface area contributed by atoms with E-state index in [1.54, 1.807) is 0 Å². The van der Waals surface area contributed by atoms with Gasteiger partial charge < -0.3 is 0 Å². The highest BCUT2D eigenvalue weighted by atomic mass is 32.2. The normalized spacial score (nSPS) is 14.5. The summed E-state index contributed by atoms with van der Waals surface area (Å²) in [5.74, 6) is 0.281. The Morgan fingerprint density at radius 2 is 1.76 bits per heavy atom. The Kier molecular flexibility index (Phi) is 10.5. The van der Waals surface area contributed by atoms with Gasteiger partial charge in [0.1, 0.15) is 0 Å². The maximum atomic E-state index is 13.3. The third-order valence-corrected chi connectivity index (χ3v) is 6.99. The molecule has 158 valence electrons. The van der Waals surface area contributed by atoms with Crippen LogP contribution in [0.5, 0.6) is 0 Å². The average Bonchev–Trinajstić information content (AvgIpc) is 2.69. The van der Waals surface area contributed by atoms with Gasteiger partial charge in [0, 0.05) is 10.3 Å². The SMILES string of the molecule is C\C=C(/C(SC(=O)C(C)(C)C(C)C)=C(CC)/C(C)=C/C=C\CC)c1ccccc1. The molecular weight excluding hydrogens is 372 g/mol. The standard InChI is InChI=1S/C27H38OS/c1-9-12-14-17-21(6)23(10-2)25(29-26(28)27(7,8)20(4)5)24(11-3)22-18-15-13-16-19-22/h11-20H,9-10H2,1-8H3/b14-12-,21-17+,24-11-,25-23-. The van der Waals surface area contributed by atoms with Crippen LogP contribution in [-0.2, 0) is 4.79 Å². The minimum atomic E-state index is -0.385. The number of thioether (sulfide) groups is 1. The van der Waals surface area contributed by atoms with Gasteiger partial charge in [-0.2, -0.15) is 0 Å². The van der Waals surface area contributed by atoms with Crippen LogP contribution in [0.25, 0.3) is 5.57 Å². The Hall–Kier alpha value is -1.80. The maximum absolute atomic E-state index is 13.3. The van der Waals surface area contributed by atoms with Crippen molar-refractivity contribution in [1.82, 2.24) is 0 Å². The lowest BCUT2D eigenvalue weighted by molar-refractivity contribution is -0.120. The van der Waals surface area contributed by atoms with Gasteiger partial charge in [0.05, 0.1) is 0 Å². The molecule has 0 N–H and O–H groups in total. The largest absolute Gasteiger partial charge is 0.286 e. The topological polar surface area (TPSA) is 17.1 Å². The average molecular weight is 411 g/mol. The summed E-state index contributed by atoms with van der Waals surface area (Å²) in [6, 6.07) is 10.4. The second-order valence-corrected chi connectivity index (χ2v) is 9.16. The van der Waals surface area contributed by atoms with Crippen molar-refractivity contribution in [3.05, 3.63) is 76.3 Å². The summed E-state index contributed by atoms with van der Waals surface area (Å²) in [6.45, 7) is 16.9. The predicted molar refractivity (Wildman–Crippen MR) is 132 cm³/mol. The van der Waals surface area contributed by atoms with E-state index in [1.165, 1.54) is 22.9 Å². The number of rotatable bonds is 9. The molecule has 0 atom stereocenters. The van der Waals surface area contributed by atoms with Crippen LogP contribution in [0.2, 0.25) is 0 Å². The zero-order valence-corrected chi connectivity index (χ0v) is 20.3. The summed E-state index contributed by atoms with van der Waals surface area (Å²) in [4.78, 5) is 14.4.